The molecule has 0 radical (unpaired) electrons. The van der Waals surface area contributed by atoms with Gasteiger partial charge in [0.2, 0.25) is 0 Å². The number of aryl methyl sites for hydroxylation is 1. The van der Waals surface area contributed by atoms with E-state index < -0.39 is 17.8 Å². The highest BCUT2D eigenvalue weighted by molar-refractivity contribution is 5.92. The van der Waals surface area contributed by atoms with Gasteiger partial charge in [0.25, 0.3) is 0 Å². The van der Waals surface area contributed by atoms with Crippen molar-refractivity contribution in [2.75, 3.05) is 9.80 Å². The second-order valence-corrected chi connectivity index (χ2v) is 18.3. The second kappa shape index (κ2) is 18.0. The molecule has 0 saturated carbocycles. The Morgan fingerprint density at radius 1 is 0.437 bits per heavy atom. The van der Waals surface area contributed by atoms with Gasteiger partial charge in [-0.3, -0.25) is 0 Å². The van der Waals surface area contributed by atoms with Crippen molar-refractivity contribution in [3.63, 3.8) is 0 Å². The number of para-hydroxylation sites is 2. The van der Waals surface area contributed by atoms with E-state index in [4.69, 9.17) is 0 Å². The fraction of sp³-hybridized carbons (Fsp3) is 0.0606. The van der Waals surface area contributed by atoms with Gasteiger partial charge >= 0.3 is 6.18 Å². The van der Waals surface area contributed by atoms with E-state index in [0.29, 0.717) is 5.69 Å². The summed E-state index contributed by atoms with van der Waals surface area (Å²) in [4.78, 5) is 4.33. The third-order valence-electron chi connectivity index (χ3n) is 14.2. The Morgan fingerprint density at radius 2 is 0.972 bits per heavy atom. The summed E-state index contributed by atoms with van der Waals surface area (Å²) in [5, 5.41) is 0. The largest absolute Gasteiger partial charge is 0.418 e. The Morgan fingerprint density at radius 3 is 1.58 bits per heavy atom. The molecule has 12 rings (SSSR count). The number of rotatable bonds is 10. The van der Waals surface area contributed by atoms with Crippen LogP contribution in [0.5, 0.6) is 0 Å². The van der Waals surface area contributed by atoms with Crippen molar-refractivity contribution in [3.8, 4) is 44.5 Å². The van der Waals surface area contributed by atoms with Crippen molar-refractivity contribution in [3.05, 3.63) is 300 Å². The molecule has 2 nitrogen and oxygen atoms in total. The van der Waals surface area contributed by atoms with Crippen molar-refractivity contribution in [1.82, 2.24) is 0 Å². The molecule has 2 atom stereocenters. The molecule has 8 aromatic carbocycles. The number of hydrogen-bond acceptors (Lipinski definition) is 2. The van der Waals surface area contributed by atoms with Gasteiger partial charge in [0.1, 0.15) is 0 Å². The summed E-state index contributed by atoms with van der Waals surface area (Å²) in [5.41, 5.74) is 17.8. The number of allylic oxidation sites excluding steroid dienone is 10. The van der Waals surface area contributed by atoms with Crippen molar-refractivity contribution in [1.29, 1.82) is 0 Å². The third-order valence-corrected chi connectivity index (χ3v) is 14.2. The Hall–Kier alpha value is -8.67. The molecule has 5 heteroatoms. The number of benzene rings is 8. The number of nitrogens with zero attached hydrogens (tertiary/aromatic N) is 2. The number of halogens is 3. The molecule has 0 saturated heterocycles. The summed E-state index contributed by atoms with van der Waals surface area (Å²) in [7, 11) is 0. The molecule has 342 valence electrons. The predicted octanol–water partition coefficient (Wildman–Crippen LogP) is 17.8. The summed E-state index contributed by atoms with van der Waals surface area (Å²) in [6.45, 7) is 2.16. The molecule has 0 spiro atoms. The minimum Gasteiger partial charge on any atom is -0.329 e. The zero-order valence-corrected chi connectivity index (χ0v) is 38.9. The van der Waals surface area contributed by atoms with E-state index in [1.165, 1.54) is 12.1 Å². The summed E-state index contributed by atoms with van der Waals surface area (Å²) in [5.74, 6) is -0.188. The molecular weight excluding hydrogens is 878 g/mol. The summed E-state index contributed by atoms with van der Waals surface area (Å²) in [6, 6.07) is 68.0. The molecule has 4 aliphatic rings. The SMILES string of the molecule is Cc1ccccc1N(C1=C2C=CC3=C4C(=CC=C(C=C1)C24)C(N(c1ccc(-c2ccccc2)cc1-c1ccccc1)c1ccccc1C(F)(F)F)C=C3)c1ccc(-c2ccccc2)cc1-c1ccccc1. The van der Waals surface area contributed by atoms with Gasteiger partial charge in [0, 0.05) is 28.4 Å². The highest BCUT2D eigenvalue weighted by atomic mass is 19.4. The molecule has 71 heavy (non-hydrogen) atoms. The first-order valence-electron chi connectivity index (χ1n) is 24.1. The maximum absolute atomic E-state index is 15.4. The van der Waals surface area contributed by atoms with Gasteiger partial charge in [-0.1, -0.05) is 206 Å². The van der Waals surface area contributed by atoms with Crippen molar-refractivity contribution >= 4 is 22.7 Å². The second-order valence-electron chi connectivity index (χ2n) is 18.3. The van der Waals surface area contributed by atoms with Gasteiger partial charge in [-0.2, -0.15) is 13.2 Å². The van der Waals surface area contributed by atoms with E-state index in [0.717, 1.165) is 95.0 Å². The van der Waals surface area contributed by atoms with Gasteiger partial charge in [0.05, 0.1) is 28.7 Å². The lowest BCUT2D eigenvalue weighted by atomic mass is 9.67. The van der Waals surface area contributed by atoms with Crippen LogP contribution < -0.4 is 9.80 Å². The Balaban J connectivity index is 1.04. The predicted molar refractivity (Wildman–Crippen MR) is 286 cm³/mol. The topological polar surface area (TPSA) is 6.48 Å². The lowest BCUT2D eigenvalue weighted by Crippen LogP contribution is -2.38. The monoisotopic (exact) mass is 924 g/mol. The maximum Gasteiger partial charge on any atom is 0.418 e. The van der Waals surface area contributed by atoms with Crippen molar-refractivity contribution in [2.24, 2.45) is 5.92 Å². The molecule has 0 N–H and O–H groups in total. The standard InChI is InChI=1S/C66H47F3N2/c1-44-18-14-16-28-58(44)70(61-40-34-51(45-19-6-2-7-20-45)42-55(61)47-23-10-4-11-24-47)59-38-32-49-31-37-54-60(39-33-50-30-36-53(59)64(49)65(50)54)71(63-29-17-15-27-57(63)66(67,68)69)62-41-35-52(46-21-8-3-9-22-46)43-56(62)48-25-12-5-13-26-48/h2-43,60,64H,1H3. The average molecular weight is 925 g/mol. The zero-order valence-electron chi connectivity index (χ0n) is 38.9. The highest BCUT2D eigenvalue weighted by Gasteiger charge is 2.43. The highest BCUT2D eigenvalue weighted by Crippen LogP contribution is 2.54. The van der Waals surface area contributed by atoms with Crippen LogP contribution in [0.15, 0.2) is 288 Å². The van der Waals surface area contributed by atoms with Gasteiger partial charge in [0.15, 0.2) is 0 Å². The molecular formula is C66H47F3N2. The molecule has 4 aliphatic carbocycles. The van der Waals surface area contributed by atoms with Crippen LogP contribution in [0.1, 0.15) is 11.1 Å². The zero-order chi connectivity index (χ0) is 48.1. The van der Waals surface area contributed by atoms with Crippen molar-refractivity contribution in [2.45, 2.75) is 19.1 Å². The van der Waals surface area contributed by atoms with E-state index in [2.05, 4.69) is 176 Å². The fourth-order valence-electron chi connectivity index (χ4n) is 10.9. The lowest BCUT2D eigenvalue weighted by molar-refractivity contribution is -0.137. The summed E-state index contributed by atoms with van der Waals surface area (Å²) in [6.07, 6.45) is 12.8. The third kappa shape index (κ3) is 7.90. The Kier molecular flexibility index (Phi) is 11.1. The fourth-order valence-corrected chi connectivity index (χ4v) is 10.9. The smallest absolute Gasteiger partial charge is 0.329 e. The summed E-state index contributed by atoms with van der Waals surface area (Å²) < 4.78 is 46.3. The van der Waals surface area contributed by atoms with Crippen LogP contribution in [0, 0.1) is 12.8 Å². The lowest BCUT2D eigenvalue weighted by Gasteiger charge is -2.44. The van der Waals surface area contributed by atoms with Gasteiger partial charge in [-0.15, -0.1) is 0 Å². The first-order chi connectivity index (χ1) is 34.8. The van der Waals surface area contributed by atoms with E-state index >= 15 is 13.2 Å². The van der Waals surface area contributed by atoms with Crippen LogP contribution in [0.4, 0.5) is 35.9 Å². The van der Waals surface area contributed by atoms with Gasteiger partial charge in [-0.25, -0.2) is 0 Å². The molecule has 0 amide bonds. The summed E-state index contributed by atoms with van der Waals surface area (Å²) >= 11 is 0. The molecule has 0 aliphatic heterocycles. The van der Waals surface area contributed by atoms with E-state index in [-0.39, 0.29) is 11.6 Å². The molecule has 2 unspecified atom stereocenters. The number of alkyl halides is 3. The van der Waals surface area contributed by atoms with Crippen LogP contribution in [-0.4, -0.2) is 6.04 Å². The average Bonchev–Trinajstić information content (AvgIpc) is 3.42. The maximum atomic E-state index is 15.4. The molecule has 0 aromatic heterocycles. The quantitative estimate of drug-likeness (QED) is 0.135. The van der Waals surface area contributed by atoms with Crippen LogP contribution in [0.2, 0.25) is 0 Å². The number of anilines is 4. The molecule has 0 fully saturated rings. The first kappa shape index (κ1) is 43.6. The number of hydrogen-bond donors (Lipinski definition) is 0. The van der Waals surface area contributed by atoms with Crippen LogP contribution in [0.3, 0.4) is 0 Å². The Bertz CT molecular complexity index is 3580. The van der Waals surface area contributed by atoms with Gasteiger partial charge in [-0.05, 0) is 122 Å². The van der Waals surface area contributed by atoms with Crippen molar-refractivity contribution < 1.29 is 13.2 Å². The molecule has 0 bridgehead atoms. The van der Waals surface area contributed by atoms with E-state index in [1.807, 2.05) is 71.6 Å². The first-order valence-corrected chi connectivity index (χ1v) is 24.1. The van der Waals surface area contributed by atoms with E-state index in [9.17, 15) is 0 Å². The minimum atomic E-state index is -4.62. The molecule has 8 aromatic rings. The van der Waals surface area contributed by atoms with E-state index in [1.54, 1.807) is 12.1 Å². The van der Waals surface area contributed by atoms with Crippen LogP contribution in [-0.2, 0) is 6.18 Å². The molecule has 0 heterocycles. The normalized spacial score (nSPS) is 16.6. The van der Waals surface area contributed by atoms with Crippen LogP contribution in [0.25, 0.3) is 44.5 Å². The van der Waals surface area contributed by atoms with Crippen LogP contribution >= 0.6 is 0 Å². The minimum absolute atomic E-state index is 0.0866. The Labute approximate surface area is 413 Å². The van der Waals surface area contributed by atoms with Gasteiger partial charge < -0.3 is 9.80 Å².